The Morgan fingerprint density at radius 2 is 1.93 bits per heavy atom. The van der Waals surface area contributed by atoms with Crippen molar-refractivity contribution in [1.82, 2.24) is 30.3 Å². The zero-order valence-corrected chi connectivity index (χ0v) is 17.1. The van der Waals surface area contributed by atoms with Gasteiger partial charge in [0.15, 0.2) is 11.8 Å². The summed E-state index contributed by atoms with van der Waals surface area (Å²) in [6, 6.07) is 10.7. The molecule has 1 aliphatic heterocycles. The number of aryl methyl sites for hydroxylation is 1. The van der Waals surface area contributed by atoms with Crippen LogP contribution in [-0.2, 0) is 24.9 Å². The van der Waals surface area contributed by atoms with Crippen LogP contribution in [0.25, 0.3) is 0 Å². The topological polar surface area (TPSA) is 79.6 Å². The fourth-order valence-electron chi connectivity index (χ4n) is 3.09. The molecule has 8 nitrogen and oxygen atoms in total. The van der Waals surface area contributed by atoms with E-state index in [1.54, 1.807) is 0 Å². The fourth-order valence-corrected chi connectivity index (χ4v) is 3.09. The molecule has 8 heteroatoms. The van der Waals surface area contributed by atoms with Crippen LogP contribution in [0.2, 0.25) is 0 Å². The van der Waals surface area contributed by atoms with Gasteiger partial charge in [0.2, 0.25) is 0 Å². The van der Waals surface area contributed by atoms with Crippen LogP contribution in [0.4, 0.5) is 0 Å². The van der Waals surface area contributed by atoms with Crippen molar-refractivity contribution in [2.45, 2.75) is 33.0 Å². The van der Waals surface area contributed by atoms with Gasteiger partial charge in [-0.3, -0.25) is 4.90 Å². The van der Waals surface area contributed by atoms with Crippen LogP contribution >= 0.6 is 0 Å². The van der Waals surface area contributed by atoms with Crippen molar-refractivity contribution >= 4 is 5.96 Å². The lowest BCUT2D eigenvalue weighted by Gasteiger charge is -2.32. The number of hydrogen-bond donors (Lipinski definition) is 2. The Hall–Kier alpha value is -2.45. The molecule has 2 N–H and O–H groups in total. The van der Waals surface area contributed by atoms with Gasteiger partial charge in [-0.25, -0.2) is 4.99 Å². The molecule has 0 amide bonds. The zero-order chi connectivity index (χ0) is 19.8. The number of rotatable bonds is 7. The minimum absolute atomic E-state index is 0.407. The van der Waals surface area contributed by atoms with Crippen LogP contribution in [0.15, 0.2) is 35.3 Å². The maximum absolute atomic E-state index is 5.45. The Morgan fingerprint density at radius 3 is 2.61 bits per heavy atom. The second-order valence-electron chi connectivity index (χ2n) is 7.10. The van der Waals surface area contributed by atoms with Gasteiger partial charge in [0, 0.05) is 32.7 Å². The summed E-state index contributed by atoms with van der Waals surface area (Å²) < 4.78 is 7.43. The van der Waals surface area contributed by atoms with Crippen LogP contribution in [0, 0.1) is 6.92 Å². The highest BCUT2D eigenvalue weighted by Crippen LogP contribution is 2.04. The predicted molar refractivity (Wildman–Crippen MR) is 110 cm³/mol. The zero-order valence-electron chi connectivity index (χ0n) is 17.1. The molecule has 1 atom stereocenters. The van der Waals surface area contributed by atoms with Gasteiger partial charge in [-0.05, 0) is 19.4 Å². The van der Waals surface area contributed by atoms with E-state index in [2.05, 4.69) is 44.8 Å². The molecule has 3 rings (SSSR count). The van der Waals surface area contributed by atoms with E-state index in [0.29, 0.717) is 19.1 Å². The first kappa shape index (κ1) is 20.3. The predicted octanol–water partition coefficient (Wildman–Crippen LogP) is 1.08. The molecule has 1 aliphatic rings. The molecule has 1 fully saturated rings. The molecule has 0 aliphatic carbocycles. The summed E-state index contributed by atoms with van der Waals surface area (Å²) in [4.78, 5) is 7.20. The third-order valence-corrected chi connectivity index (χ3v) is 5.09. The number of aliphatic imine (C=N–C) groups is 1. The number of benzene rings is 1. The molecule has 2 heterocycles. The molecular weight excluding hydrogens is 354 g/mol. The Labute approximate surface area is 167 Å². The van der Waals surface area contributed by atoms with Crippen molar-refractivity contribution in [2.24, 2.45) is 12.0 Å². The van der Waals surface area contributed by atoms with Crippen molar-refractivity contribution in [3.05, 3.63) is 47.5 Å². The molecule has 0 spiro atoms. The van der Waals surface area contributed by atoms with Crippen LogP contribution in [0.1, 0.15) is 24.1 Å². The van der Waals surface area contributed by atoms with Crippen LogP contribution < -0.4 is 10.6 Å². The maximum Gasteiger partial charge on any atom is 0.192 e. The molecule has 28 heavy (non-hydrogen) atoms. The van der Waals surface area contributed by atoms with Gasteiger partial charge >= 0.3 is 0 Å². The van der Waals surface area contributed by atoms with E-state index in [4.69, 9.17) is 9.73 Å². The minimum Gasteiger partial charge on any atom is -0.379 e. The Balaban J connectivity index is 1.60. The fraction of sp³-hybridized carbons (Fsp3) is 0.550. The molecule has 1 saturated heterocycles. The molecule has 0 radical (unpaired) electrons. The normalized spacial score (nSPS) is 16.8. The Bertz CT molecular complexity index is 753. The van der Waals surface area contributed by atoms with E-state index in [-0.39, 0.29) is 0 Å². The number of morpholine rings is 1. The maximum atomic E-state index is 5.45. The number of nitrogens with zero attached hydrogens (tertiary/aromatic N) is 5. The second-order valence-corrected chi connectivity index (χ2v) is 7.10. The average molecular weight is 386 g/mol. The largest absolute Gasteiger partial charge is 0.379 e. The first-order valence-electron chi connectivity index (χ1n) is 9.86. The summed E-state index contributed by atoms with van der Waals surface area (Å²) in [7, 11) is 1.97. The first-order chi connectivity index (χ1) is 13.6. The van der Waals surface area contributed by atoms with Gasteiger partial charge in [-0.1, -0.05) is 30.3 Å². The van der Waals surface area contributed by atoms with E-state index >= 15 is 0 Å². The summed E-state index contributed by atoms with van der Waals surface area (Å²) in [6.45, 7) is 9.77. The molecule has 1 aromatic heterocycles. The molecule has 152 valence electrons. The first-order valence-corrected chi connectivity index (χ1v) is 9.86. The van der Waals surface area contributed by atoms with Crippen molar-refractivity contribution in [1.29, 1.82) is 0 Å². The highest BCUT2D eigenvalue weighted by molar-refractivity contribution is 5.79. The van der Waals surface area contributed by atoms with Gasteiger partial charge in [0.25, 0.3) is 0 Å². The molecule has 1 aromatic carbocycles. The summed E-state index contributed by atoms with van der Waals surface area (Å²) in [5.41, 5.74) is 1.18. The molecular formula is C20H31N7O. The summed E-state index contributed by atoms with van der Waals surface area (Å²) in [5, 5.41) is 15.2. The quantitative estimate of drug-likeness (QED) is 0.548. The van der Waals surface area contributed by atoms with Crippen molar-refractivity contribution in [3.63, 3.8) is 0 Å². The molecule has 2 aromatic rings. The molecule has 1 unspecified atom stereocenters. The number of guanidine groups is 1. The van der Waals surface area contributed by atoms with E-state index in [1.165, 1.54) is 5.56 Å². The summed E-state index contributed by atoms with van der Waals surface area (Å²) in [6.07, 6.45) is 0. The van der Waals surface area contributed by atoms with Crippen LogP contribution in [0.3, 0.4) is 0 Å². The van der Waals surface area contributed by atoms with Crippen LogP contribution in [0.5, 0.6) is 0 Å². The second kappa shape index (κ2) is 10.2. The summed E-state index contributed by atoms with van der Waals surface area (Å²) >= 11 is 0. The highest BCUT2D eigenvalue weighted by Gasteiger charge is 2.17. The lowest BCUT2D eigenvalue weighted by Crippen LogP contribution is -2.49. The average Bonchev–Trinajstić information content (AvgIpc) is 3.06. The van der Waals surface area contributed by atoms with Gasteiger partial charge in [0.05, 0.1) is 26.3 Å². The summed E-state index contributed by atoms with van der Waals surface area (Å²) in [5.74, 6) is 2.56. The van der Waals surface area contributed by atoms with Gasteiger partial charge < -0.3 is 19.9 Å². The van der Waals surface area contributed by atoms with Gasteiger partial charge in [0.1, 0.15) is 5.82 Å². The van der Waals surface area contributed by atoms with Crippen molar-refractivity contribution in [3.8, 4) is 0 Å². The molecule has 0 saturated carbocycles. The smallest absolute Gasteiger partial charge is 0.192 e. The monoisotopic (exact) mass is 385 g/mol. The lowest BCUT2D eigenvalue weighted by atomic mass is 10.2. The minimum atomic E-state index is 0.407. The van der Waals surface area contributed by atoms with E-state index in [9.17, 15) is 0 Å². The van der Waals surface area contributed by atoms with E-state index in [0.717, 1.165) is 50.5 Å². The Morgan fingerprint density at radius 1 is 1.18 bits per heavy atom. The van der Waals surface area contributed by atoms with E-state index < -0.39 is 0 Å². The number of hydrogen-bond acceptors (Lipinski definition) is 5. The number of aromatic nitrogens is 3. The van der Waals surface area contributed by atoms with Gasteiger partial charge in [-0.15, -0.1) is 10.2 Å². The SMILES string of the molecule is Cc1nnc(CNC(=NCc2ccccc2)NCC(C)N2CCOCC2)n1C. The Kier molecular flexibility index (Phi) is 7.39. The van der Waals surface area contributed by atoms with Crippen molar-refractivity contribution < 1.29 is 4.74 Å². The standard InChI is InChI=1S/C20H31N7O/c1-16(27-9-11-28-12-10-27)13-21-20(22-14-18-7-5-4-6-8-18)23-15-19-25-24-17(2)26(19)3/h4-8,16H,9-15H2,1-3H3,(H2,21,22,23). The highest BCUT2D eigenvalue weighted by atomic mass is 16.5. The number of nitrogens with one attached hydrogen (secondary N) is 2. The molecule has 0 bridgehead atoms. The van der Waals surface area contributed by atoms with Crippen molar-refractivity contribution in [2.75, 3.05) is 32.8 Å². The van der Waals surface area contributed by atoms with Gasteiger partial charge in [-0.2, -0.15) is 0 Å². The number of ether oxygens (including phenoxy) is 1. The lowest BCUT2D eigenvalue weighted by molar-refractivity contribution is 0.0211. The third kappa shape index (κ3) is 5.77. The van der Waals surface area contributed by atoms with Crippen LogP contribution in [-0.4, -0.2) is 64.5 Å². The van der Waals surface area contributed by atoms with E-state index in [1.807, 2.05) is 36.7 Å². The third-order valence-electron chi connectivity index (χ3n) is 5.09.